The molecule has 1 atom stereocenters. The summed E-state index contributed by atoms with van der Waals surface area (Å²) in [6.07, 6.45) is 8.27. The molecule has 6 nitrogen and oxygen atoms in total. The molecule has 1 unspecified atom stereocenters. The lowest BCUT2D eigenvalue weighted by molar-refractivity contribution is -0.131. The first-order valence-electron chi connectivity index (χ1n) is 8.28. The molecule has 1 aliphatic carbocycles. The molecule has 6 heteroatoms. The van der Waals surface area contributed by atoms with E-state index in [1.807, 2.05) is 19.0 Å². The van der Waals surface area contributed by atoms with Gasteiger partial charge in [0.1, 0.15) is 0 Å². The van der Waals surface area contributed by atoms with Crippen LogP contribution in [0.25, 0.3) is 0 Å². The molecule has 0 fully saturated rings. The number of rotatable bonds is 3. The summed E-state index contributed by atoms with van der Waals surface area (Å²) < 4.78 is 0. The van der Waals surface area contributed by atoms with E-state index in [0.29, 0.717) is 44.2 Å². The van der Waals surface area contributed by atoms with Gasteiger partial charge in [0, 0.05) is 45.6 Å². The molecular formula is C17H24N4O2. The third-order valence-corrected chi connectivity index (χ3v) is 4.66. The van der Waals surface area contributed by atoms with Gasteiger partial charge in [-0.1, -0.05) is 12.2 Å². The normalized spacial score (nSPS) is 20.3. The number of hydrogen-bond acceptors (Lipinski definition) is 4. The number of nitrogens with zero attached hydrogens (tertiary/aromatic N) is 3. The van der Waals surface area contributed by atoms with Crippen LogP contribution in [0, 0.1) is 5.92 Å². The maximum atomic E-state index is 12.5. The standard InChI is InChI=1S/C17H24N4O2/c1-20(2)17-18-14-8-10-21(9-7-13(14)16(23)19-17)15(22)11-12-5-3-4-6-12/h3,5,12H,4,6-11H2,1-2H3,(H,18,19,23). The molecule has 1 aromatic rings. The van der Waals surface area contributed by atoms with Crippen LogP contribution in [0.4, 0.5) is 5.95 Å². The largest absolute Gasteiger partial charge is 0.348 e. The minimum atomic E-state index is -0.0771. The molecule has 1 amide bonds. The zero-order valence-electron chi connectivity index (χ0n) is 13.8. The number of anilines is 1. The molecule has 0 saturated heterocycles. The third-order valence-electron chi connectivity index (χ3n) is 4.66. The van der Waals surface area contributed by atoms with Crippen LogP contribution in [0.1, 0.15) is 30.5 Å². The van der Waals surface area contributed by atoms with Crippen LogP contribution in [0.2, 0.25) is 0 Å². The maximum Gasteiger partial charge on any atom is 0.255 e. The summed E-state index contributed by atoms with van der Waals surface area (Å²) in [6.45, 7) is 1.25. The van der Waals surface area contributed by atoms with Crippen molar-refractivity contribution in [2.24, 2.45) is 5.92 Å². The van der Waals surface area contributed by atoms with Gasteiger partial charge in [-0.2, -0.15) is 0 Å². The van der Waals surface area contributed by atoms with E-state index in [-0.39, 0.29) is 11.5 Å². The molecular weight excluding hydrogens is 292 g/mol. The Balaban J connectivity index is 1.72. The van der Waals surface area contributed by atoms with Crippen molar-refractivity contribution < 1.29 is 4.79 Å². The van der Waals surface area contributed by atoms with Crippen LogP contribution in [0.5, 0.6) is 0 Å². The first-order valence-corrected chi connectivity index (χ1v) is 8.28. The van der Waals surface area contributed by atoms with Crippen molar-refractivity contribution in [3.05, 3.63) is 33.8 Å². The number of fused-ring (bicyclic) bond motifs is 1. The average molecular weight is 316 g/mol. The summed E-state index contributed by atoms with van der Waals surface area (Å²) >= 11 is 0. The van der Waals surface area contributed by atoms with Gasteiger partial charge in [-0.15, -0.1) is 0 Å². The van der Waals surface area contributed by atoms with E-state index in [1.165, 1.54) is 0 Å². The molecule has 0 spiro atoms. The monoisotopic (exact) mass is 316 g/mol. The molecule has 0 saturated carbocycles. The predicted octanol–water partition coefficient (Wildman–Crippen LogP) is 1.12. The highest BCUT2D eigenvalue weighted by Gasteiger charge is 2.24. The van der Waals surface area contributed by atoms with Gasteiger partial charge in [-0.3, -0.25) is 14.6 Å². The Hall–Kier alpha value is -2.11. The van der Waals surface area contributed by atoms with Gasteiger partial charge >= 0.3 is 0 Å². The number of carbonyl (C=O) groups excluding carboxylic acids is 1. The number of carbonyl (C=O) groups is 1. The Kier molecular flexibility index (Phi) is 4.50. The van der Waals surface area contributed by atoms with Crippen molar-refractivity contribution in [2.45, 2.75) is 32.1 Å². The molecule has 0 radical (unpaired) electrons. The highest BCUT2D eigenvalue weighted by atomic mass is 16.2. The van der Waals surface area contributed by atoms with Gasteiger partial charge < -0.3 is 9.80 Å². The molecule has 1 aromatic heterocycles. The Labute approximate surface area is 136 Å². The van der Waals surface area contributed by atoms with Crippen LogP contribution in [-0.2, 0) is 17.6 Å². The molecule has 0 bridgehead atoms. The highest BCUT2D eigenvalue weighted by Crippen LogP contribution is 2.22. The molecule has 1 N–H and O–H groups in total. The Morgan fingerprint density at radius 1 is 1.39 bits per heavy atom. The van der Waals surface area contributed by atoms with E-state index in [2.05, 4.69) is 22.1 Å². The predicted molar refractivity (Wildman–Crippen MR) is 89.7 cm³/mol. The van der Waals surface area contributed by atoms with Gasteiger partial charge in [0.05, 0.1) is 5.69 Å². The third kappa shape index (κ3) is 3.46. The molecule has 3 rings (SSSR count). The second kappa shape index (κ2) is 6.56. The van der Waals surface area contributed by atoms with Crippen molar-refractivity contribution in [3.8, 4) is 0 Å². The lowest BCUT2D eigenvalue weighted by Gasteiger charge is -2.21. The summed E-state index contributed by atoms with van der Waals surface area (Å²) in [6, 6.07) is 0. The Morgan fingerprint density at radius 2 is 2.17 bits per heavy atom. The SMILES string of the molecule is CN(C)c1nc2c(c(=O)[nH]1)CCN(C(=O)CC1C=CCC1)CC2. The van der Waals surface area contributed by atoms with Crippen molar-refractivity contribution in [1.82, 2.24) is 14.9 Å². The number of amides is 1. The van der Waals surface area contributed by atoms with Crippen molar-refractivity contribution in [1.29, 1.82) is 0 Å². The number of aromatic amines is 1. The lowest BCUT2D eigenvalue weighted by atomic mass is 10.0. The fourth-order valence-electron chi connectivity index (χ4n) is 3.28. The van der Waals surface area contributed by atoms with E-state index in [9.17, 15) is 9.59 Å². The van der Waals surface area contributed by atoms with Crippen LogP contribution >= 0.6 is 0 Å². The molecule has 23 heavy (non-hydrogen) atoms. The van der Waals surface area contributed by atoms with Gasteiger partial charge in [0.15, 0.2) is 0 Å². The number of H-pyrrole nitrogens is 1. The second-order valence-corrected chi connectivity index (χ2v) is 6.56. The topological polar surface area (TPSA) is 69.3 Å². The number of nitrogens with one attached hydrogen (secondary N) is 1. The number of hydrogen-bond donors (Lipinski definition) is 1. The van der Waals surface area contributed by atoms with Crippen LogP contribution in [-0.4, -0.2) is 48.0 Å². The quantitative estimate of drug-likeness (QED) is 0.849. The first kappa shape index (κ1) is 15.8. The van der Waals surface area contributed by atoms with E-state index >= 15 is 0 Å². The summed E-state index contributed by atoms with van der Waals surface area (Å²) in [5.74, 6) is 1.15. The van der Waals surface area contributed by atoms with E-state index < -0.39 is 0 Å². The average Bonchev–Trinajstić information content (AvgIpc) is 2.91. The van der Waals surface area contributed by atoms with E-state index in [4.69, 9.17) is 0 Å². The van der Waals surface area contributed by atoms with E-state index in [1.54, 1.807) is 4.90 Å². The van der Waals surface area contributed by atoms with Gasteiger partial charge in [0.2, 0.25) is 11.9 Å². The zero-order chi connectivity index (χ0) is 16.4. The molecule has 2 aliphatic rings. The smallest absolute Gasteiger partial charge is 0.255 e. The fourth-order valence-corrected chi connectivity index (χ4v) is 3.28. The van der Waals surface area contributed by atoms with E-state index in [0.717, 1.165) is 24.1 Å². The Morgan fingerprint density at radius 3 is 2.87 bits per heavy atom. The summed E-state index contributed by atoms with van der Waals surface area (Å²) in [5.41, 5.74) is 1.48. The van der Waals surface area contributed by atoms with Gasteiger partial charge in [-0.25, -0.2) is 4.98 Å². The summed E-state index contributed by atoms with van der Waals surface area (Å²) in [5, 5.41) is 0. The second-order valence-electron chi connectivity index (χ2n) is 6.56. The van der Waals surface area contributed by atoms with Crippen LogP contribution < -0.4 is 10.5 Å². The molecule has 0 aromatic carbocycles. The minimum Gasteiger partial charge on any atom is -0.348 e. The van der Waals surface area contributed by atoms with Gasteiger partial charge in [-0.05, 0) is 25.2 Å². The van der Waals surface area contributed by atoms with Crippen molar-refractivity contribution >= 4 is 11.9 Å². The fraction of sp³-hybridized carbons (Fsp3) is 0.588. The molecule has 124 valence electrons. The number of aromatic nitrogens is 2. The Bertz CT molecular complexity index is 678. The van der Waals surface area contributed by atoms with Crippen molar-refractivity contribution in [3.63, 3.8) is 0 Å². The first-order chi connectivity index (χ1) is 11.0. The molecule has 2 heterocycles. The van der Waals surface area contributed by atoms with Crippen LogP contribution in [0.15, 0.2) is 16.9 Å². The highest BCUT2D eigenvalue weighted by molar-refractivity contribution is 5.76. The lowest BCUT2D eigenvalue weighted by Crippen LogP contribution is -2.34. The van der Waals surface area contributed by atoms with Gasteiger partial charge in [0.25, 0.3) is 5.56 Å². The van der Waals surface area contributed by atoms with Crippen molar-refractivity contribution in [2.75, 3.05) is 32.1 Å². The van der Waals surface area contributed by atoms with Crippen LogP contribution in [0.3, 0.4) is 0 Å². The maximum absolute atomic E-state index is 12.5. The molecule has 1 aliphatic heterocycles. The minimum absolute atomic E-state index is 0.0771. The number of allylic oxidation sites excluding steroid dienone is 2. The zero-order valence-corrected chi connectivity index (χ0v) is 13.8. The summed E-state index contributed by atoms with van der Waals surface area (Å²) in [7, 11) is 3.71. The summed E-state index contributed by atoms with van der Waals surface area (Å²) in [4.78, 5) is 35.8.